The maximum Gasteiger partial charge on any atom is 0.220 e. The molecule has 1 unspecified atom stereocenters. The Labute approximate surface area is 154 Å². The van der Waals surface area contributed by atoms with Crippen LogP contribution in [-0.4, -0.2) is 27.0 Å². The van der Waals surface area contributed by atoms with Crippen LogP contribution in [-0.2, 0) is 17.8 Å². The quantitative estimate of drug-likeness (QED) is 0.674. The Balaban J connectivity index is 1.57. The summed E-state index contributed by atoms with van der Waals surface area (Å²) in [6, 6.07) is 14.1. The van der Waals surface area contributed by atoms with E-state index >= 15 is 0 Å². The lowest BCUT2D eigenvalue weighted by Gasteiger charge is -2.13. The van der Waals surface area contributed by atoms with Crippen molar-refractivity contribution in [3.63, 3.8) is 0 Å². The van der Waals surface area contributed by atoms with Gasteiger partial charge in [-0.3, -0.25) is 4.79 Å². The number of aromatic nitrogens is 3. The molecular formula is C21H26N4O. The van der Waals surface area contributed by atoms with E-state index in [1.54, 1.807) is 6.20 Å². The highest BCUT2D eigenvalue weighted by atomic mass is 16.1. The van der Waals surface area contributed by atoms with Gasteiger partial charge in [-0.1, -0.05) is 44.2 Å². The fourth-order valence-corrected chi connectivity index (χ4v) is 3.13. The number of rotatable bonds is 8. The normalized spacial score (nSPS) is 12.2. The average Bonchev–Trinajstić information content (AvgIpc) is 3.03. The molecule has 0 radical (unpaired) electrons. The second-order valence-electron chi connectivity index (χ2n) is 6.64. The van der Waals surface area contributed by atoms with E-state index < -0.39 is 0 Å². The van der Waals surface area contributed by atoms with Gasteiger partial charge in [0, 0.05) is 32.1 Å². The zero-order valence-corrected chi connectivity index (χ0v) is 15.5. The number of nitrogens with one attached hydrogen (secondary N) is 1. The first-order valence-electron chi connectivity index (χ1n) is 9.30. The molecule has 0 fully saturated rings. The minimum absolute atomic E-state index is 0.0656. The third-order valence-corrected chi connectivity index (χ3v) is 4.58. The molecule has 3 aromatic rings. The van der Waals surface area contributed by atoms with Crippen LogP contribution >= 0.6 is 0 Å². The molecule has 0 aliphatic rings. The van der Waals surface area contributed by atoms with E-state index in [0.29, 0.717) is 25.3 Å². The largest absolute Gasteiger partial charge is 0.355 e. The van der Waals surface area contributed by atoms with Crippen LogP contribution < -0.4 is 5.32 Å². The number of carbonyl (C=O) groups excluding carboxylic acids is 1. The van der Waals surface area contributed by atoms with Gasteiger partial charge in [0.2, 0.25) is 5.91 Å². The molecule has 0 saturated carbocycles. The number of amides is 1. The van der Waals surface area contributed by atoms with E-state index in [-0.39, 0.29) is 5.91 Å². The minimum atomic E-state index is 0.0656. The molecule has 2 heterocycles. The molecule has 1 atom stereocenters. The molecule has 5 heteroatoms. The average molecular weight is 350 g/mol. The highest BCUT2D eigenvalue weighted by Crippen LogP contribution is 2.16. The van der Waals surface area contributed by atoms with Gasteiger partial charge in [-0.05, 0) is 30.0 Å². The van der Waals surface area contributed by atoms with Gasteiger partial charge in [-0.25, -0.2) is 9.97 Å². The van der Waals surface area contributed by atoms with Crippen molar-refractivity contribution in [2.24, 2.45) is 0 Å². The van der Waals surface area contributed by atoms with E-state index in [4.69, 9.17) is 0 Å². The van der Waals surface area contributed by atoms with Gasteiger partial charge < -0.3 is 9.88 Å². The van der Waals surface area contributed by atoms with Crippen LogP contribution in [0.25, 0.3) is 11.2 Å². The summed E-state index contributed by atoms with van der Waals surface area (Å²) in [7, 11) is 0. The number of fused-ring (bicyclic) bond motifs is 1. The van der Waals surface area contributed by atoms with E-state index in [1.807, 2.05) is 30.3 Å². The Bertz CT molecular complexity index is 857. The number of aryl methyl sites for hydroxylation is 2. The fraction of sp³-hybridized carbons (Fsp3) is 0.381. The molecule has 1 N–H and O–H groups in total. The van der Waals surface area contributed by atoms with Crippen LogP contribution in [0.1, 0.15) is 44.0 Å². The topological polar surface area (TPSA) is 59.8 Å². The maximum atomic E-state index is 12.3. The zero-order chi connectivity index (χ0) is 18.4. The molecule has 0 spiro atoms. The van der Waals surface area contributed by atoms with Gasteiger partial charge in [0.1, 0.15) is 11.3 Å². The van der Waals surface area contributed by atoms with Crippen molar-refractivity contribution in [3.05, 3.63) is 60.0 Å². The first-order valence-corrected chi connectivity index (χ1v) is 9.30. The molecule has 0 aliphatic carbocycles. The van der Waals surface area contributed by atoms with Crippen molar-refractivity contribution in [2.45, 2.75) is 45.6 Å². The molecule has 0 aliphatic heterocycles. The number of pyridine rings is 1. The van der Waals surface area contributed by atoms with Crippen LogP contribution in [0.15, 0.2) is 48.7 Å². The lowest BCUT2D eigenvalue weighted by atomic mass is 10.0. The highest BCUT2D eigenvalue weighted by molar-refractivity contribution is 5.76. The van der Waals surface area contributed by atoms with Gasteiger partial charge in [0.15, 0.2) is 5.65 Å². The van der Waals surface area contributed by atoms with Crippen LogP contribution in [0.4, 0.5) is 0 Å². The second kappa shape index (κ2) is 8.61. The second-order valence-corrected chi connectivity index (χ2v) is 6.64. The Morgan fingerprint density at radius 3 is 2.77 bits per heavy atom. The summed E-state index contributed by atoms with van der Waals surface area (Å²) in [4.78, 5) is 21.4. The van der Waals surface area contributed by atoms with Crippen LogP contribution in [0.5, 0.6) is 0 Å². The van der Waals surface area contributed by atoms with E-state index in [2.05, 4.69) is 45.8 Å². The molecule has 1 aromatic carbocycles. The number of hydrogen-bond acceptors (Lipinski definition) is 3. The molecule has 26 heavy (non-hydrogen) atoms. The Hall–Kier alpha value is -2.69. The van der Waals surface area contributed by atoms with E-state index in [1.165, 1.54) is 5.56 Å². The van der Waals surface area contributed by atoms with Gasteiger partial charge in [-0.15, -0.1) is 0 Å². The van der Waals surface area contributed by atoms with Gasteiger partial charge in [0.25, 0.3) is 0 Å². The van der Waals surface area contributed by atoms with Crippen molar-refractivity contribution in [2.75, 3.05) is 6.54 Å². The summed E-state index contributed by atoms with van der Waals surface area (Å²) in [5.74, 6) is 1.30. The van der Waals surface area contributed by atoms with Crippen molar-refractivity contribution >= 4 is 17.1 Å². The summed E-state index contributed by atoms with van der Waals surface area (Å²) in [5.41, 5.74) is 3.04. The third-order valence-electron chi connectivity index (χ3n) is 4.58. The van der Waals surface area contributed by atoms with Crippen molar-refractivity contribution in [1.29, 1.82) is 0 Å². The predicted octanol–water partition coefficient (Wildman–Crippen LogP) is 3.69. The standard InChI is InChI=1S/C21H26N4O/c1-3-14-25-19(24-18-10-7-13-22-21(18)25)11-12-20(26)23-15-16(2)17-8-5-4-6-9-17/h4-10,13,16H,3,11-12,14-15H2,1-2H3,(H,23,26). The lowest BCUT2D eigenvalue weighted by Crippen LogP contribution is -2.28. The van der Waals surface area contributed by atoms with Crippen LogP contribution in [0.2, 0.25) is 0 Å². The number of nitrogens with zero attached hydrogens (tertiary/aromatic N) is 3. The van der Waals surface area contributed by atoms with Crippen molar-refractivity contribution in [3.8, 4) is 0 Å². The molecule has 3 rings (SSSR count). The lowest BCUT2D eigenvalue weighted by molar-refractivity contribution is -0.121. The maximum absolute atomic E-state index is 12.3. The van der Waals surface area contributed by atoms with Crippen molar-refractivity contribution < 1.29 is 4.79 Å². The van der Waals surface area contributed by atoms with Crippen LogP contribution in [0.3, 0.4) is 0 Å². The van der Waals surface area contributed by atoms with E-state index in [0.717, 1.165) is 30.0 Å². The highest BCUT2D eigenvalue weighted by Gasteiger charge is 2.13. The minimum Gasteiger partial charge on any atom is -0.355 e. The molecule has 0 bridgehead atoms. The smallest absolute Gasteiger partial charge is 0.220 e. The van der Waals surface area contributed by atoms with E-state index in [9.17, 15) is 4.79 Å². The Morgan fingerprint density at radius 1 is 1.19 bits per heavy atom. The summed E-state index contributed by atoms with van der Waals surface area (Å²) in [5, 5.41) is 3.04. The first-order chi connectivity index (χ1) is 12.7. The first kappa shape index (κ1) is 18.1. The number of carbonyl (C=O) groups is 1. The Morgan fingerprint density at radius 2 is 2.00 bits per heavy atom. The van der Waals surface area contributed by atoms with Crippen LogP contribution in [0, 0.1) is 0 Å². The zero-order valence-electron chi connectivity index (χ0n) is 15.5. The molecule has 136 valence electrons. The monoisotopic (exact) mass is 350 g/mol. The predicted molar refractivity (Wildman–Crippen MR) is 104 cm³/mol. The molecule has 1 amide bonds. The number of hydrogen-bond donors (Lipinski definition) is 1. The third kappa shape index (κ3) is 4.28. The Kier molecular flexibility index (Phi) is 6.00. The van der Waals surface area contributed by atoms with Crippen molar-refractivity contribution in [1.82, 2.24) is 19.9 Å². The number of benzene rings is 1. The SMILES string of the molecule is CCCn1c(CCC(=O)NCC(C)c2ccccc2)nc2cccnc21. The summed E-state index contributed by atoms with van der Waals surface area (Å²) < 4.78 is 2.13. The molecule has 0 saturated heterocycles. The van der Waals surface area contributed by atoms with Gasteiger partial charge >= 0.3 is 0 Å². The van der Waals surface area contributed by atoms with Gasteiger partial charge in [0.05, 0.1) is 0 Å². The molecule has 5 nitrogen and oxygen atoms in total. The summed E-state index contributed by atoms with van der Waals surface area (Å²) in [6.45, 7) is 5.78. The summed E-state index contributed by atoms with van der Waals surface area (Å²) >= 11 is 0. The fourth-order valence-electron chi connectivity index (χ4n) is 3.13. The van der Waals surface area contributed by atoms with Gasteiger partial charge in [-0.2, -0.15) is 0 Å². The molecular weight excluding hydrogens is 324 g/mol. The molecule has 2 aromatic heterocycles. The number of imidazole rings is 1. The summed E-state index contributed by atoms with van der Waals surface area (Å²) in [6.07, 6.45) is 3.86.